The van der Waals surface area contributed by atoms with Crippen LogP contribution in [0.5, 0.6) is 5.75 Å². The second-order valence-corrected chi connectivity index (χ2v) is 5.58. The third-order valence-electron chi connectivity index (χ3n) is 3.84. The fourth-order valence-corrected chi connectivity index (χ4v) is 2.61. The Kier molecular flexibility index (Phi) is 5.60. The molecule has 0 saturated heterocycles. The van der Waals surface area contributed by atoms with Crippen LogP contribution < -0.4 is 4.74 Å². The molecule has 1 heterocycles. The number of carbonyl (C=O) groups is 2. The largest absolute Gasteiger partial charge is 0.481 e. The van der Waals surface area contributed by atoms with Crippen LogP contribution in [0, 0.1) is 25.2 Å². The molecule has 0 aliphatic heterocycles. The number of benzene rings is 1. The third-order valence-corrected chi connectivity index (χ3v) is 3.84. The summed E-state index contributed by atoms with van der Waals surface area (Å²) < 4.78 is 10.7. The predicted octanol–water partition coefficient (Wildman–Crippen LogP) is 3.33. The molecule has 1 aromatic carbocycles. The van der Waals surface area contributed by atoms with Gasteiger partial charge in [-0.15, -0.1) is 0 Å². The van der Waals surface area contributed by atoms with Gasteiger partial charge in [-0.3, -0.25) is 4.79 Å². The molecule has 25 heavy (non-hydrogen) atoms. The highest BCUT2D eigenvalue weighted by Gasteiger charge is 2.26. The monoisotopic (exact) mass is 340 g/mol. The van der Waals surface area contributed by atoms with Gasteiger partial charge >= 0.3 is 5.97 Å². The summed E-state index contributed by atoms with van der Waals surface area (Å²) in [5, 5.41) is 9.11. The highest BCUT2D eigenvalue weighted by Crippen LogP contribution is 2.23. The van der Waals surface area contributed by atoms with Crippen molar-refractivity contribution < 1.29 is 19.1 Å². The lowest BCUT2D eigenvalue weighted by molar-refractivity contribution is 0.0525. The van der Waals surface area contributed by atoms with Crippen LogP contribution in [-0.2, 0) is 4.74 Å². The van der Waals surface area contributed by atoms with Gasteiger partial charge < -0.3 is 14.5 Å². The summed E-state index contributed by atoms with van der Waals surface area (Å²) in [7, 11) is 0. The summed E-state index contributed by atoms with van der Waals surface area (Å²) in [4.78, 5) is 27.7. The fourth-order valence-electron chi connectivity index (χ4n) is 2.61. The van der Waals surface area contributed by atoms with Gasteiger partial charge in [0, 0.05) is 5.69 Å². The number of ether oxygens (including phenoxy) is 2. The lowest BCUT2D eigenvalue weighted by atomic mass is 10.1. The minimum absolute atomic E-state index is 0.261. The molecule has 6 nitrogen and oxygen atoms in total. The number of carbonyl (C=O) groups excluding carboxylic acids is 2. The van der Waals surface area contributed by atoms with E-state index in [0.717, 1.165) is 0 Å². The molecule has 1 aromatic heterocycles. The van der Waals surface area contributed by atoms with E-state index in [-0.39, 0.29) is 12.4 Å². The van der Waals surface area contributed by atoms with Crippen molar-refractivity contribution >= 4 is 11.8 Å². The molecule has 6 heteroatoms. The molecule has 0 bridgehead atoms. The molecule has 0 aliphatic rings. The van der Waals surface area contributed by atoms with Crippen LogP contribution in [0.2, 0.25) is 0 Å². The molecule has 0 unspecified atom stereocenters. The van der Waals surface area contributed by atoms with Crippen molar-refractivity contribution in [2.75, 3.05) is 6.61 Å². The number of nitrogens with zero attached hydrogens (tertiary/aromatic N) is 1. The van der Waals surface area contributed by atoms with E-state index in [9.17, 15) is 9.59 Å². The van der Waals surface area contributed by atoms with E-state index in [1.54, 1.807) is 52.0 Å². The second kappa shape index (κ2) is 7.67. The number of aryl methyl sites for hydroxylation is 1. The van der Waals surface area contributed by atoms with Crippen molar-refractivity contribution in [3.63, 3.8) is 0 Å². The normalized spacial score (nSPS) is 11.5. The zero-order valence-electron chi connectivity index (χ0n) is 14.7. The van der Waals surface area contributed by atoms with Crippen molar-refractivity contribution in [1.29, 1.82) is 5.26 Å². The van der Waals surface area contributed by atoms with Crippen molar-refractivity contribution in [1.82, 2.24) is 4.98 Å². The maximum Gasteiger partial charge on any atom is 0.340 e. The lowest BCUT2D eigenvalue weighted by Gasteiger charge is -2.14. The molecule has 2 rings (SSSR count). The van der Waals surface area contributed by atoms with Gasteiger partial charge in [-0.05, 0) is 45.4 Å². The Labute approximate surface area is 146 Å². The molecule has 0 amide bonds. The highest BCUT2D eigenvalue weighted by molar-refractivity contribution is 6.03. The average molecular weight is 340 g/mol. The predicted molar refractivity (Wildman–Crippen MR) is 91.8 cm³/mol. The van der Waals surface area contributed by atoms with Crippen LogP contribution in [0.3, 0.4) is 0 Å². The van der Waals surface area contributed by atoms with Gasteiger partial charge in [0.25, 0.3) is 0 Å². The second-order valence-electron chi connectivity index (χ2n) is 5.58. The quantitative estimate of drug-likeness (QED) is 0.643. The van der Waals surface area contributed by atoms with Crippen LogP contribution in [-0.4, -0.2) is 29.4 Å². The molecule has 0 spiro atoms. The Morgan fingerprint density at radius 2 is 1.96 bits per heavy atom. The number of H-pyrrole nitrogens is 1. The smallest absolute Gasteiger partial charge is 0.340 e. The van der Waals surface area contributed by atoms with E-state index in [2.05, 4.69) is 4.98 Å². The van der Waals surface area contributed by atoms with Crippen LogP contribution >= 0.6 is 0 Å². The molecule has 1 atom stereocenters. The van der Waals surface area contributed by atoms with E-state index in [1.165, 1.54) is 0 Å². The number of aromatic nitrogens is 1. The first-order chi connectivity index (χ1) is 11.9. The third kappa shape index (κ3) is 3.72. The van der Waals surface area contributed by atoms with Gasteiger partial charge in [-0.1, -0.05) is 12.1 Å². The summed E-state index contributed by atoms with van der Waals surface area (Å²) in [5.41, 5.74) is 2.14. The Bertz CT molecular complexity index is 846. The SMILES string of the molecule is CCOC(=O)c1c(C)[nH]c(C(=O)[C@@H](C)Oc2ccccc2C#N)c1C. The number of nitrogens with one attached hydrogen (secondary N) is 1. The summed E-state index contributed by atoms with van der Waals surface area (Å²) in [6.07, 6.45) is -0.818. The van der Waals surface area contributed by atoms with Gasteiger partial charge in [0.1, 0.15) is 11.8 Å². The van der Waals surface area contributed by atoms with Crippen LogP contribution in [0.4, 0.5) is 0 Å². The number of hydrogen-bond donors (Lipinski definition) is 1. The zero-order chi connectivity index (χ0) is 18.6. The number of esters is 1. The van der Waals surface area contributed by atoms with Gasteiger partial charge in [-0.25, -0.2) is 4.79 Å². The molecule has 0 radical (unpaired) electrons. The molecular formula is C19H20N2O4. The number of hydrogen-bond acceptors (Lipinski definition) is 5. The Morgan fingerprint density at radius 3 is 2.60 bits per heavy atom. The number of para-hydroxylation sites is 1. The first-order valence-electron chi connectivity index (χ1n) is 7.96. The minimum Gasteiger partial charge on any atom is -0.481 e. The number of nitriles is 1. The fraction of sp³-hybridized carbons (Fsp3) is 0.316. The van der Waals surface area contributed by atoms with E-state index in [1.807, 2.05) is 6.07 Å². The summed E-state index contributed by atoms with van der Waals surface area (Å²) in [6, 6.07) is 8.74. The Balaban J connectivity index is 2.27. The van der Waals surface area contributed by atoms with Gasteiger partial charge in [0.05, 0.1) is 23.4 Å². The zero-order valence-corrected chi connectivity index (χ0v) is 14.7. The van der Waals surface area contributed by atoms with Crippen molar-refractivity contribution in [2.24, 2.45) is 0 Å². The molecule has 130 valence electrons. The lowest BCUT2D eigenvalue weighted by Crippen LogP contribution is -2.25. The van der Waals surface area contributed by atoms with Gasteiger partial charge in [0.15, 0.2) is 6.10 Å². The summed E-state index contributed by atoms with van der Waals surface area (Å²) >= 11 is 0. The first-order valence-corrected chi connectivity index (χ1v) is 7.96. The van der Waals surface area contributed by atoms with E-state index in [4.69, 9.17) is 14.7 Å². The number of ketones is 1. The topological polar surface area (TPSA) is 92.2 Å². The summed E-state index contributed by atoms with van der Waals surface area (Å²) in [5.74, 6) is -0.419. The molecular weight excluding hydrogens is 320 g/mol. The van der Waals surface area contributed by atoms with Crippen LogP contribution in [0.25, 0.3) is 0 Å². The minimum atomic E-state index is -0.818. The van der Waals surface area contributed by atoms with E-state index < -0.39 is 12.1 Å². The van der Waals surface area contributed by atoms with Gasteiger partial charge in [-0.2, -0.15) is 5.26 Å². The molecule has 1 N–H and O–H groups in total. The number of Topliss-reactive ketones (excluding diaryl/α,β-unsaturated/α-hetero) is 1. The Hall–Kier alpha value is -3.07. The van der Waals surface area contributed by atoms with Crippen molar-refractivity contribution in [2.45, 2.75) is 33.8 Å². The highest BCUT2D eigenvalue weighted by atomic mass is 16.5. The molecule has 0 aliphatic carbocycles. The van der Waals surface area contributed by atoms with Crippen LogP contribution in [0.15, 0.2) is 24.3 Å². The Morgan fingerprint density at radius 1 is 1.28 bits per heavy atom. The standard InChI is InChI=1S/C19H20N2O4/c1-5-24-19(23)16-11(2)17(21-12(16)3)18(22)13(4)25-15-9-7-6-8-14(15)10-20/h6-9,13,21H,5H2,1-4H3/t13-/m1/s1. The number of rotatable bonds is 6. The maximum atomic E-state index is 12.7. The van der Waals surface area contributed by atoms with Crippen molar-refractivity contribution in [3.8, 4) is 11.8 Å². The van der Waals surface area contributed by atoms with Gasteiger partial charge in [0.2, 0.25) is 5.78 Å². The van der Waals surface area contributed by atoms with Crippen molar-refractivity contribution in [3.05, 3.63) is 52.3 Å². The molecule has 0 saturated carbocycles. The van der Waals surface area contributed by atoms with E-state index >= 15 is 0 Å². The average Bonchev–Trinajstić information content (AvgIpc) is 2.89. The maximum absolute atomic E-state index is 12.7. The number of aromatic amines is 1. The molecule has 2 aromatic rings. The first kappa shape index (κ1) is 18.3. The van der Waals surface area contributed by atoms with Crippen LogP contribution in [0.1, 0.15) is 51.5 Å². The van der Waals surface area contributed by atoms with E-state index in [0.29, 0.717) is 33.8 Å². The summed E-state index contributed by atoms with van der Waals surface area (Å²) in [6.45, 7) is 7.00. The molecule has 0 fully saturated rings.